The van der Waals surface area contributed by atoms with E-state index >= 15 is 0 Å². The van der Waals surface area contributed by atoms with Crippen LogP contribution in [0, 0.1) is 5.92 Å². The van der Waals surface area contributed by atoms with Gasteiger partial charge in [0.15, 0.2) is 5.82 Å². The van der Waals surface area contributed by atoms with Crippen molar-refractivity contribution in [1.29, 1.82) is 0 Å². The lowest BCUT2D eigenvalue weighted by Gasteiger charge is -2.26. The average Bonchev–Trinajstić information content (AvgIpc) is 2.31. The van der Waals surface area contributed by atoms with Crippen LogP contribution >= 0.6 is 0 Å². The first-order chi connectivity index (χ1) is 8.16. The Balaban J connectivity index is 1.93. The van der Waals surface area contributed by atoms with E-state index in [1.807, 2.05) is 0 Å². The third-order valence-corrected chi connectivity index (χ3v) is 3.20. The lowest BCUT2D eigenvalue weighted by atomic mass is 9.87. The van der Waals surface area contributed by atoms with Gasteiger partial charge in [0, 0.05) is 6.54 Å². The van der Waals surface area contributed by atoms with E-state index in [-0.39, 0.29) is 17.4 Å². The van der Waals surface area contributed by atoms with Gasteiger partial charge in [0.05, 0.1) is 12.4 Å². The normalized spacial score (nSPS) is 24.5. The molecular formula is C11H18N4O2. The molecule has 0 bridgehead atoms. The zero-order chi connectivity index (χ0) is 12.3. The maximum atomic E-state index is 11.2. The number of nitrogens with two attached hydrogens (primary N) is 1. The van der Waals surface area contributed by atoms with Crippen LogP contribution in [0.1, 0.15) is 25.7 Å². The number of nitrogen functional groups attached to an aromatic ring is 1. The zero-order valence-electron chi connectivity index (χ0n) is 9.65. The van der Waals surface area contributed by atoms with E-state index in [1.165, 1.54) is 6.33 Å². The summed E-state index contributed by atoms with van der Waals surface area (Å²) in [4.78, 5) is 17.6. The number of hydrogen-bond donors (Lipinski definition) is 4. The van der Waals surface area contributed by atoms with Crippen molar-refractivity contribution >= 4 is 11.5 Å². The molecule has 94 valence electrons. The quantitative estimate of drug-likeness (QED) is 0.607. The van der Waals surface area contributed by atoms with E-state index in [0.29, 0.717) is 18.3 Å². The molecule has 0 aromatic carbocycles. The van der Waals surface area contributed by atoms with Crippen LogP contribution < -0.4 is 16.6 Å². The van der Waals surface area contributed by atoms with E-state index < -0.39 is 0 Å². The van der Waals surface area contributed by atoms with Crippen LogP contribution in [0.4, 0.5) is 11.5 Å². The summed E-state index contributed by atoms with van der Waals surface area (Å²) in [7, 11) is 0. The van der Waals surface area contributed by atoms with E-state index in [0.717, 1.165) is 25.7 Å². The highest BCUT2D eigenvalue weighted by Crippen LogP contribution is 2.24. The second kappa shape index (κ2) is 5.18. The molecule has 6 heteroatoms. The monoisotopic (exact) mass is 238 g/mol. The Kier molecular flexibility index (Phi) is 3.63. The fourth-order valence-corrected chi connectivity index (χ4v) is 2.24. The largest absolute Gasteiger partial charge is 0.393 e. The van der Waals surface area contributed by atoms with E-state index in [2.05, 4.69) is 15.3 Å². The number of H-pyrrole nitrogens is 1. The Morgan fingerprint density at radius 1 is 1.59 bits per heavy atom. The minimum absolute atomic E-state index is 0.115. The van der Waals surface area contributed by atoms with E-state index in [4.69, 9.17) is 5.73 Å². The minimum atomic E-state index is -0.328. The molecule has 1 aromatic heterocycles. The maximum absolute atomic E-state index is 11.2. The molecule has 2 rings (SSSR count). The van der Waals surface area contributed by atoms with Crippen molar-refractivity contribution in [3.8, 4) is 0 Å². The molecular weight excluding hydrogens is 220 g/mol. The van der Waals surface area contributed by atoms with E-state index in [9.17, 15) is 9.90 Å². The predicted molar refractivity (Wildman–Crippen MR) is 65.7 cm³/mol. The molecule has 1 aliphatic rings. The molecule has 1 fully saturated rings. The summed E-state index contributed by atoms with van der Waals surface area (Å²) >= 11 is 0. The number of nitrogens with one attached hydrogen (secondary N) is 2. The summed E-state index contributed by atoms with van der Waals surface area (Å²) in [5.41, 5.74) is 5.39. The number of aliphatic hydroxyl groups is 1. The molecule has 1 saturated carbocycles. The van der Waals surface area contributed by atoms with Gasteiger partial charge in [-0.2, -0.15) is 0 Å². The number of nitrogens with zero attached hydrogens (tertiary/aromatic N) is 1. The molecule has 5 N–H and O–H groups in total. The van der Waals surface area contributed by atoms with Crippen molar-refractivity contribution in [2.45, 2.75) is 31.8 Å². The van der Waals surface area contributed by atoms with Crippen LogP contribution in [0.25, 0.3) is 0 Å². The summed E-state index contributed by atoms with van der Waals surface area (Å²) in [5, 5.41) is 12.6. The Morgan fingerprint density at radius 2 is 2.41 bits per heavy atom. The standard InChI is InChI=1S/C11H18N4O2/c12-9-10(14-6-15-11(9)17)13-5-7-2-1-3-8(16)4-7/h6-8,16H,1-5,12H2,(H2,13,14,15,17). The number of hydrogen-bond acceptors (Lipinski definition) is 5. The highest BCUT2D eigenvalue weighted by molar-refractivity contribution is 5.58. The van der Waals surface area contributed by atoms with Crippen molar-refractivity contribution in [3.05, 3.63) is 16.7 Å². The van der Waals surface area contributed by atoms with Crippen molar-refractivity contribution in [2.24, 2.45) is 5.92 Å². The molecule has 6 nitrogen and oxygen atoms in total. The average molecular weight is 238 g/mol. The fraction of sp³-hybridized carbons (Fsp3) is 0.636. The molecule has 0 saturated heterocycles. The Hall–Kier alpha value is -1.56. The van der Waals surface area contributed by atoms with Gasteiger partial charge in [-0.25, -0.2) is 4.98 Å². The third kappa shape index (κ3) is 2.97. The van der Waals surface area contributed by atoms with Crippen LogP contribution in [0.15, 0.2) is 11.1 Å². The SMILES string of the molecule is Nc1c(NCC2CCCC(O)C2)nc[nH]c1=O. The lowest BCUT2D eigenvalue weighted by Crippen LogP contribution is -2.26. The van der Waals surface area contributed by atoms with Gasteiger partial charge in [0.2, 0.25) is 0 Å². The van der Waals surface area contributed by atoms with Crippen LogP contribution in [0.5, 0.6) is 0 Å². The highest BCUT2D eigenvalue weighted by Gasteiger charge is 2.20. The lowest BCUT2D eigenvalue weighted by molar-refractivity contribution is 0.104. The first-order valence-corrected chi connectivity index (χ1v) is 5.92. The number of anilines is 2. The van der Waals surface area contributed by atoms with Gasteiger partial charge < -0.3 is 21.1 Å². The minimum Gasteiger partial charge on any atom is -0.393 e. The number of rotatable bonds is 3. The number of aliphatic hydroxyl groups excluding tert-OH is 1. The van der Waals surface area contributed by atoms with Crippen molar-refractivity contribution in [1.82, 2.24) is 9.97 Å². The molecule has 0 amide bonds. The van der Waals surface area contributed by atoms with Gasteiger partial charge in [-0.1, -0.05) is 6.42 Å². The summed E-state index contributed by atoms with van der Waals surface area (Å²) in [6.07, 6.45) is 4.97. The molecule has 0 radical (unpaired) electrons. The maximum Gasteiger partial charge on any atom is 0.276 e. The van der Waals surface area contributed by atoms with Crippen LogP contribution in [-0.2, 0) is 0 Å². The van der Waals surface area contributed by atoms with E-state index in [1.54, 1.807) is 0 Å². The third-order valence-electron chi connectivity index (χ3n) is 3.20. The number of aromatic nitrogens is 2. The first kappa shape index (κ1) is 11.9. The molecule has 1 heterocycles. The molecule has 2 atom stereocenters. The molecule has 1 aliphatic carbocycles. The summed E-state index contributed by atoms with van der Waals surface area (Å²) < 4.78 is 0. The predicted octanol–water partition coefficient (Wildman–Crippen LogP) is 0.315. The van der Waals surface area contributed by atoms with Crippen LogP contribution in [-0.4, -0.2) is 27.7 Å². The molecule has 0 spiro atoms. The second-order valence-electron chi connectivity index (χ2n) is 4.56. The highest BCUT2D eigenvalue weighted by atomic mass is 16.3. The van der Waals surface area contributed by atoms with Crippen LogP contribution in [0.2, 0.25) is 0 Å². The summed E-state index contributed by atoms with van der Waals surface area (Å²) in [6, 6.07) is 0. The Bertz CT molecular complexity index is 432. The fourth-order valence-electron chi connectivity index (χ4n) is 2.24. The number of aromatic amines is 1. The van der Waals surface area contributed by atoms with Crippen molar-refractivity contribution in [3.63, 3.8) is 0 Å². The molecule has 17 heavy (non-hydrogen) atoms. The Labute approximate surface area is 99.3 Å². The van der Waals surface area contributed by atoms with Gasteiger partial charge in [0.25, 0.3) is 5.56 Å². The molecule has 1 aromatic rings. The van der Waals surface area contributed by atoms with Crippen LogP contribution in [0.3, 0.4) is 0 Å². The van der Waals surface area contributed by atoms with Gasteiger partial charge in [-0.15, -0.1) is 0 Å². The second-order valence-corrected chi connectivity index (χ2v) is 4.56. The Morgan fingerprint density at radius 3 is 3.18 bits per heavy atom. The van der Waals surface area contributed by atoms with Crippen molar-refractivity contribution < 1.29 is 5.11 Å². The van der Waals surface area contributed by atoms with Gasteiger partial charge in [0.1, 0.15) is 5.69 Å². The molecule has 0 aliphatic heterocycles. The smallest absolute Gasteiger partial charge is 0.276 e. The topological polar surface area (TPSA) is 104 Å². The van der Waals surface area contributed by atoms with Gasteiger partial charge >= 0.3 is 0 Å². The van der Waals surface area contributed by atoms with Crippen molar-refractivity contribution in [2.75, 3.05) is 17.6 Å². The van der Waals surface area contributed by atoms with Gasteiger partial charge in [-0.3, -0.25) is 4.79 Å². The summed E-state index contributed by atoms with van der Waals surface area (Å²) in [6.45, 7) is 0.692. The zero-order valence-corrected chi connectivity index (χ0v) is 9.65. The molecule has 2 unspecified atom stereocenters. The summed E-state index contributed by atoms with van der Waals surface area (Å²) in [5.74, 6) is 0.841. The first-order valence-electron chi connectivity index (χ1n) is 5.92. The van der Waals surface area contributed by atoms with Gasteiger partial charge in [-0.05, 0) is 25.2 Å².